The number of thiocarbonyl (C=S) groups is 1. The van der Waals surface area contributed by atoms with Gasteiger partial charge in [-0.2, -0.15) is 0 Å². The first-order valence-corrected chi connectivity index (χ1v) is 9.02. The van der Waals surface area contributed by atoms with E-state index < -0.39 is 42.7 Å². The van der Waals surface area contributed by atoms with Crippen molar-refractivity contribution in [1.82, 2.24) is 10.2 Å². The molecule has 3 amide bonds. The highest BCUT2D eigenvalue weighted by Crippen LogP contribution is 2.32. The summed E-state index contributed by atoms with van der Waals surface area (Å²) >= 11 is 6.20. The predicted molar refractivity (Wildman–Crippen MR) is 104 cm³/mol. The molecule has 142 valence electrons. The van der Waals surface area contributed by atoms with E-state index in [-0.39, 0.29) is 4.32 Å². The van der Waals surface area contributed by atoms with Gasteiger partial charge in [-0.1, -0.05) is 53.8 Å². The number of hydrogen-bond acceptors (Lipinski definition) is 6. The summed E-state index contributed by atoms with van der Waals surface area (Å²) in [5.74, 6) is -3.46. The maximum absolute atomic E-state index is 12.5. The number of rotatable bonds is 7. The van der Waals surface area contributed by atoms with Gasteiger partial charge in [-0.05, 0) is 18.6 Å². The normalized spacial score (nSPS) is 16.5. The molecule has 1 fully saturated rings. The summed E-state index contributed by atoms with van der Waals surface area (Å²) in [6.07, 6.45) is 1.12. The van der Waals surface area contributed by atoms with Crippen LogP contribution in [0.5, 0.6) is 0 Å². The van der Waals surface area contributed by atoms with E-state index in [1.165, 1.54) is 0 Å². The summed E-state index contributed by atoms with van der Waals surface area (Å²) in [5.41, 5.74) is 6.87. The number of carbonyl (C=O) groups excluding carboxylic acids is 3. The monoisotopic (exact) mass is 407 g/mol. The molecule has 1 heterocycles. The molecule has 8 nitrogen and oxygen atoms in total. The summed E-state index contributed by atoms with van der Waals surface area (Å²) < 4.78 is 0.190. The molecule has 0 saturated carbocycles. The fourth-order valence-corrected chi connectivity index (χ4v) is 3.49. The first kappa shape index (κ1) is 20.6. The van der Waals surface area contributed by atoms with Crippen LogP contribution in [0, 0.1) is 6.92 Å². The van der Waals surface area contributed by atoms with E-state index in [4.69, 9.17) is 23.1 Å². The lowest BCUT2D eigenvalue weighted by atomic mass is 10.1. The standard InChI is InChI=1S/C17H17N3O5S2/c1-9-2-4-10(5-3-9)6-12-15(23)20(17(26)27-12)8-14(22)19-11(16(24)25)7-13(18)21/h2-6,11H,7-8H2,1H3,(H2,18,21)(H,19,22)(H,24,25)/b12-6-. The molecule has 1 aromatic rings. The fourth-order valence-electron chi connectivity index (χ4n) is 2.24. The van der Waals surface area contributed by atoms with E-state index in [2.05, 4.69) is 5.32 Å². The van der Waals surface area contributed by atoms with Crippen LogP contribution in [-0.4, -0.2) is 50.6 Å². The smallest absolute Gasteiger partial charge is 0.326 e. The number of aliphatic carboxylic acids is 1. The Hall–Kier alpha value is -2.72. The number of thioether (sulfide) groups is 1. The van der Waals surface area contributed by atoms with Crippen molar-refractivity contribution in [2.45, 2.75) is 19.4 Å². The minimum Gasteiger partial charge on any atom is -0.480 e. The van der Waals surface area contributed by atoms with Crippen LogP contribution in [-0.2, 0) is 19.2 Å². The van der Waals surface area contributed by atoms with Gasteiger partial charge in [0.2, 0.25) is 11.8 Å². The minimum atomic E-state index is -1.46. The second-order valence-electron chi connectivity index (χ2n) is 5.81. The Morgan fingerprint density at radius 2 is 1.96 bits per heavy atom. The number of hydrogen-bond donors (Lipinski definition) is 3. The number of nitrogens with zero attached hydrogens (tertiary/aromatic N) is 1. The van der Waals surface area contributed by atoms with Crippen molar-refractivity contribution in [3.05, 3.63) is 40.3 Å². The molecule has 4 N–H and O–H groups in total. The number of amides is 3. The first-order valence-electron chi connectivity index (χ1n) is 7.80. The number of carboxylic acids is 1. The van der Waals surface area contributed by atoms with E-state index in [0.717, 1.165) is 27.8 Å². The van der Waals surface area contributed by atoms with Gasteiger partial charge < -0.3 is 16.2 Å². The molecule has 27 heavy (non-hydrogen) atoms. The minimum absolute atomic E-state index is 0.190. The van der Waals surface area contributed by atoms with Crippen LogP contribution in [0.2, 0.25) is 0 Å². The van der Waals surface area contributed by atoms with Crippen LogP contribution in [0.25, 0.3) is 6.08 Å². The molecule has 0 radical (unpaired) electrons. The quantitative estimate of drug-likeness (QED) is 0.447. The van der Waals surface area contributed by atoms with E-state index in [9.17, 15) is 19.2 Å². The van der Waals surface area contributed by atoms with Gasteiger partial charge in [0.15, 0.2) is 0 Å². The molecule has 1 aromatic carbocycles. The highest BCUT2D eigenvalue weighted by Gasteiger charge is 2.34. The van der Waals surface area contributed by atoms with Crippen molar-refractivity contribution in [2.24, 2.45) is 5.73 Å². The summed E-state index contributed by atoms with van der Waals surface area (Å²) in [6, 6.07) is 6.07. The van der Waals surface area contributed by atoms with Gasteiger partial charge in [-0.25, -0.2) is 4.79 Å². The van der Waals surface area contributed by atoms with Gasteiger partial charge in [0.25, 0.3) is 5.91 Å². The van der Waals surface area contributed by atoms with Gasteiger partial charge in [-0.15, -0.1) is 0 Å². The zero-order valence-corrected chi connectivity index (χ0v) is 15.9. The Morgan fingerprint density at radius 1 is 1.33 bits per heavy atom. The maximum Gasteiger partial charge on any atom is 0.326 e. The molecular weight excluding hydrogens is 390 g/mol. The van der Waals surface area contributed by atoms with Crippen molar-refractivity contribution in [3.63, 3.8) is 0 Å². The molecule has 1 atom stereocenters. The third-order valence-corrected chi connectivity index (χ3v) is 4.97. The Morgan fingerprint density at radius 3 is 2.52 bits per heavy atom. The zero-order chi connectivity index (χ0) is 20.1. The van der Waals surface area contributed by atoms with Gasteiger partial charge in [-0.3, -0.25) is 19.3 Å². The molecule has 0 aromatic heterocycles. The molecule has 1 saturated heterocycles. The van der Waals surface area contributed by atoms with E-state index >= 15 is 0 Å². The van der Waals surface area contributed by atoms with Gasteiger partial charge >= 0.3 is 5.97 Å². The molecule has 2 rings (SSSR count). The molecule has 1 unspecified atom stereocenters. The van der Waals surface area contributed by atoms with Crippen molar-refractivity contribution in [1.29, 1.82) is 0 Å². The Labute approximate surface area is 164 Å². The van der Waals surface area contributed by atoms with Crippen LogP contribution in [0.4, 0.5) is 0 Å². The van der Waals surface area contributed by atoms with Crippen LogP contribution in [0.1, 0.15) is 17.5 Å². The molecule has 0 spiro atoms. The lowest BCUT2D eigenvalue weighted by Gasteiger charge is -2.17. The predicted octanol–water partition coefficient (Wildman–Crippen LogP) is 0.641. The van der Waals surface area contributed by atoms with Crippen molar-refractivity contribution in [3.8, 4) is 0 Å². The van der Waals surface area contributed by atoms with Crippen LogP contribution < -0.4 is 11.1 Å². The Balaban J connectivity index is 2.06. The number of nitrogens with one attached hydrogen (secondary N) is 1. The lowest BCUT2D eigenvalue weighted by molar-refractivity contribution is -0.143. The number of carbonyl (C=O) groups is 4. The number of benzene rings is 1. The second-order valence-corrected chi connectivity index (χ2v) is 7.48. The maximum atomic E-state index is 12.5. The molecular formula is C17H17N3O5S2. The van der Waals surface area contributed by atoms with Gasteiger partial charge in [0.05, 0.1) is 11.3 Å². The largest absolute Gasteiger partial charge is 0.480 e. The molecule has 0 aliphatic carbocycles. The topological polar surface area (TPSA) is 130 Å². The summed E-state index contributed by atoms with van der Waals surface area (Å²) in [5, 5.41) is 11.2. The molecule has 1 aliphatic rings. The van der Waals surface area contributed by atoms with E-state index in [1.807, 2.05) is 31.2 Å². The van der Waals surface area contributed by atoms with E-state index in [0.29, 0.717) is 4.91 Å². The highest BCUT2D eigenvalue weighted by molar-refractivity contribution is 8.26. The zero-order valence-electron chi connectivity index (χ0n) is 14.3. The van der Waals surface area contributed by atoms with E-state index in [1.54, 1.807) is 6.08 Å². The molecule has 10 heteroatoms. The fraction of sp³-hybridized carbons (Fsp3) is 0.235. The second kappa shape index (κ2) is 8.78. The summed E-state index contributed by atoms with van der Waals surface area (Å²) in [6.45, 7) is 1.50. The summed E-state index contributed by atoms with van der Waals surface area (Å²) in [4.78, 5) is 48.0. The number of primary amides is 1. The van der Waals surface area contributed by atoms with Gasteiger partial charge in [0, 0.05) is 0 Å². The van der Waals surface area contributed by atoms with Crippen LogP contribution in [0.15, 0.2) is 29.2 Å². The van der Waals surface area contributed by atoms with Crippen molar-refractivity contribution < 1.29 is 24.3 Å². The molecule has 1 aliphatic heterocycles. The molecule has 0 bridgehead atoms. The van der Waals surface area contributed by atoms with Gasteiger partial charge in [0.1, 0.15) is 16.9 Å². The van der Waals surface area contributed by atoms with Crippen molar-refractivity contribution >= 4 is 58.1 Å². The number of aryl methyl sites for hydroxylation is 1. The number of nitrogens with two attached hydrogens (primary N) is 1. The number of carboxylic acid groups (broad SMARTS) is 1. The SMILES string of the molecule is Cc1ccc(/C=C2\SC(=S)N(CC(=O)NC(CC(N)=O)C(=O)O)C2=O)cc1. The van der Waals surface area contributed by atoms with Crippen molar-refractivity contribution in [2.75, 3.05) is 6.54 Å². The third-order valence-electron chi connectivity index (χ3n) is 3.59. The first-order chi connectivity index (χ1) is 12.7. The average Bonchev–Trinajstić information content (AvgIpc) is 2.83. The van der Waals surface area contributed by atoms with Crippen LogP contribution in [0.3, 0.4) is 0 Å². The lowest BCUT2D eigenvalue weighted by Crippen LogP contribution is -2.47. The third kappa shape index (κ3) is 5.63. The summed E-state index contributed by atoms with van der Waals surface area (Å²) in [7, 11) is 0. The van der Waals surface area contributed by atoms with Crippen LogP contribution >= 0.6 is 24.0 Å². The average molecular weight is 407 g/mol. The Kier molecular flexibility index (Phi) is 6.70. The highest BCUT2D eigenvalue weighted by atomic mass is 32.2. The Bertz CT molecular complexity index is 835.